The normalized spacial score (nSPS) is 27.9. The fourth-order valence-electron chi connectivity index (χ4n) is 4.77. The highest BCUT2D eigenvalue weighted by Gasteiger charge is 2.44. The van der Waals surface area contributed by atoms with Gasteiger partial charge in [-0.15, -0.1) is 0 Å². The largest absolute Gasteiger partial charge is 0.438 e. The van der Waals surface area contributed by atoms with Gasteiger partial charge in [-0.1, -0.05) is 12.1 Å². The lowest BCUT2D eigenvalue weighted by atomic mass is 9.77. The van der Waals surface area contributed by atoms with Gasteiger partial charge in [0.25, 0.3) is 5.91 Å². The van der Waals surface area contributed by atoms with Gasteiger partial charge in [0.05, 0.1) is 35.2 Å². The molecule has 7 nitrogen and oxygen atoms in total. The standard InChI is InChI=1S/C20H22N4O3/c1-12-19(27-11-22-12)20(26)23-8-13-6-17(18(25)7-14(13)9-23)24-10-21-15-4-2-3-5-16(15)24/h2-5,10-11,13-14,17-18,25H,6-9H2,1H3/t13-,14+,17-,18-/m1/s1. The first-order valence-electron chi connectivity index (χ1n) is 9.41. The summed E-state index contributed by atoms with van der Waals surface area (Å²) in [7, 11) is 0. The number of para-hydroxylation sites is 2. The number of amides is 1. The molecule has 1 amide bonds. The zero-order valence-corrected chi connectivity index (χ0v) is 15.2. The Balaban J connectivity index is 1.38. The van der Waals surface area contributed by atoms with E-state index in [0.717, 1.165) is 17.5 Å². The number of oxazole rings is 1. The second-order valence-electron chi connectivity index (χ2n) is 7.74. The maximum absolute atomic E-state index is 12.8. The maximum Gasteiger partial charge on any atom is 0.291 e. The number of imidazole rings is 1. The number of carbonyl (C=O) groups is 1. The van der Waals surface area contributed by atoms with Gasteiger partial charge in [0.2, 0.25) is 5.76 Å². The number of aliphatic hydroxyl groups is 1. The summed E-state index contributed by atoms with van der Waals surface area (Å²) in [5, 5.41) is 10.8. The summed E-state index contributed by atoms with van der Waals surface area (Å²) in [6.45, 7) is 3.14. The van der Waals surface area contributed by atoms with Gasteiger partial charge in [0, 0.05) is 13.1 Å². The van der Waals surface area contributed by atoms with E-state index in [9.17, 15) is 9.90 Å². The Morgan fingerprint density at radius 1 is 1.19 bits per heavy atom. The highest BCUT2D eigenvalue weighted by Crippen LogP contribution is 2.42. The molecule has 4 atom stereocenters. The minimum absolute atomic E-state index is 0.0132. The van der Waals surface area contributed by atoms with Crippen LogP contribution < -0.4 is 0 Å². The van der Waals surface area contributed by atoms with E-state index in [1.165, 1.54) is 6.39 Å². The van der Waals surface area contributed by atoms with E-state index in [1.54, 1.807) is 6.92 Å². The second-order valence-corrected chi connectivity index (χ2v) is 7.74. The van der Waals surface area contributed by atoms with Crippen molar-refractivity contribution in [2.75, 3.05) is 13.1 Å². The molecule has 0 bridgehead atoms. The van der Waals surface area contributed by atoms with Gasteiger partial charge < -0.3 is 19.0 Å². The van der Waals surface area contributed by atoms with Crippen LogP contribution in [0.4, 0.5) is 0 Å². The van der Waals surface area contributed by atoms with E-state index in [4.69, 9.17) is 4.42 Å². The number of hydrogen-bond acceptors (Lipinski definition) is 5. The van der Waals surface area contributed by atoms with Crippen LogP contribution in [0.25, 0.3) is 11.0 Å². The first-order chi connectivity index (χ1) is 13.1. The van der Waals surface area contributed by atoms with E-state index >= 15 is 0 Å². The lowest BCUT2D eigenvalue weighted by Gasteiger charge is -2.36. The Hall–Kier alpha value is -2.67. The lowest BCUT2D eigenvalue weighted by Crippen LogP contribution is -2.36. The van der Waals surface area contributed by atoms with Crippen LogP contribution in [0.15, 0.2) is 41.4 Å². The molecular weight excluding hydrogens is 344 g/mol. The number of likely N-dealkylation sites (tertiary alicyclic amines) is 1. The molecule has 0 radical (unpaired) electrons. The van der Waals surface area contributed by atoms with Crippen molar-refractivity contribution in [3.63, 3.8) is 0 Å². The first-order valence-corrected chi connectivity index (χ1v) is 9.41. The number of aliphatic hydroxyl groups excluding tert-OH is 1. The molecule has 1 saturated carbocycles. The molecule has 0 spiro atoms. The average molecular weight is 366 g/mol. The molecule has 1 aliphatic heterocycles. The minimum atomic E-state index is -0.439. The van der Waals surface area contributed by atoms with Crippen LogP contribution in [-0.2, 0) is 0 Å². The topological polar surface area (TPSA) is 84.4 Å². The molecule has 1 N–H and O–H groups in total. The molecule has 3 aromatic rings. The predicted octanol–water partition coefficient (Wildman–Crippen LogP) is 2.42. The number of fused-ring (bicyclic) bond motifs is 2. The highest BCUT2D eigenvalue weighted by atomic mass is 16.3. The zero-order valence-electron chi connectivity index (χ0n) is 15.2. The van der Waals surface area contributed by atoms with Crippen LogP contribution in [0.3, 0.4) is 0 Å². The number of nitrogens with zero attached hydrogens (tertiary/aromatic N) is 4. The third-order valence-corrected chi connectivity index (χ3v) is 6.17. The SMILES string of the molecule is Cc1ncoc1C(=O)N1C[C@H]2C[C@@H](n3cnc4ccccc43)[C@H](O)C[C@H]2C1. The summed E-state index contributed by atoms with van der Waals surface area (Å²) >= 11 is 0. The summed E-state index contributed by atoms with van der Waals surface area (Å²) in [5.41, 5.74) is 2.61. The number of aryl methyl sites for hydroxylation is 1. The van der Waals surface area contributed by atoms with E-state index in [-0.39, 0.29) is 11.9 Å². The van der Waals surface area contributed by atoms with Crippen molar-refractivity contribution < 1.29 is 14.3 Å². The molecule has 3 heterocycles. The zero-order chi connectivity index (χ0) is 18.5. The van der Waals surface area contributed by atoms with Gasteiger partial charge in [-0.3, -0.25) is 4.79 Å². The lowest BCUT2D eigenvalue weighted by molar-refractivity contribution is 0.0374. The summed E-state index contributed by atoms with van der Waals surface area (Å²) in [5.74, 6) is 0.912. The summed E-state index contributed by atoms with van der Waals surface area (Å²) in [6.07, 6.45) is 4.24. The third kappa shape index (κ3) is 2.65. The van der Waals surface area contributed by atoms with Crippen LogP contribution in [0, 0.1) is 18.8 Å². The third-order valence-electron chi connectivity index (χ3n) is 6.17. The summed E-state index contributed by atoms with van der Waals surface area (Å²) < 4.78 is 7.38. The molecule has 7 heteroatoms. The van der Waals surface area contributed by atoms with Gasteiger partial charge in [-0.05, 0) is 43.7 Å². The van der Waals surface area contributed by atoms with Gasteiger partial charge in [0.15, 0.2) is 6.39 Å². The van der Waals surface area contributed by atoms with Gasteiger partial charge in [-0.25, -0.2) is 9.97 Å². The molecular formula is C20H22N4O3. The Kier molecular flexibility index (Phi) is 3.79. The van der Waals surface area contributed by atoms with Crippen molar-refractivity contribution in [1.29, 1.82) is 0 Å². The summed E-state index contributed by atoms with van der Waals surface area (Å²) in [6, 6.07) is 7.98. The molecule has 140 valence electrons. The average Bonchev–Trinajstić information content (AvgIpc) is 3.38. The maximum atomic E-state index is 12.8. The number of benzene rings is 1. The summed E-state index contributed by atoms with van der Waals surface area (Å²) in [4.78, 5) is 23.1. The van der Waals surface area contributed by atoms with Crippen LogP contribution in [0.2, 0.25) is 0 Å². The van der Waals surface area contributed by atoms with Crippen molar-refractivity contribution in [1.82, 2.24) is 19.4 Å². The molecule has 27 heavy (non-hydrogen) atoms. The highest BCUT2D eigenvalue weighted by molar-refractivity contribution is 5.92. The van der Waals surface area contributed by atoms with E-state index in [2.05, 4.69) is 14.5 Å². The monoisotopic (exact) mass is 366 g/mol. The van der Waals surface area contributed by atoms with Crippen LogP contribution in [0.5, 0.6) is 0 Å². The Bertz CT molecular complexity index is 994. The number of carbonyl (C=O) groups excluding carboxylic acids is 1. The van der Waals surface area contributed by atoms with Crippen molar-refractivity contribution in [2.24, 2.45) is 11.8 Å². The number of hydrogen-bond donors (Lipinski definition) is 1. The Morgan fingerprint density at radius 3 is 2.74 bits per heavy atom. The van der Waals surface area contributed by atoms with Gasteiger partial charge >= 0.3 is 0 Å². The molecule has 0 unspecified atom stereocenters. The second kappa shape index (κ2) is 6.20. The molecule has 2 aromatic heterocycles. The van der Waals surface area contributed by atoms with Gasteiger partial charge in [-0.2, -0.15) is 0 Å². The number of aromatic nitrogens is 3. The minimum Gasteiger partial charge on any atom is -0.438 e. The molecule has 2 fully saturated rings. The fourth-order valence-corrected chi connectivity index (χ4v) is 4.77. The number of rotatable bonds is 2. The van der Waals surface area contributed by atoms with Crippen molar-refractivity contribution in [3.8, 4) is 0 Å². The van der Waals surface area contributed by atoms with E-state index in [1.807, 2.05) is 35.5 Å². The Labute approximate surface area is 156 Å². The molecule has 1 aromatic carbocycles. The fraction of sp³-hybridized carbons (Fsp3) is 0.450. The smallest absolute Gasteiger partial charge is 0.291 e. The van der Waals surface area contributed by atoms with Crippen molar-refractivity contribution in [3.05, 3.63) is 48.4 Å². The quantitative estimate of drug-likeness (QED) is 0.753. The Morgan fingerprint density at radius 2 is 1.96 bits per heavy atom. The molecule has 5 rings (SSSR count). The molecule has 1 saturated heterocycles. The first kappa shape index (κ1) is 16.5. The molecule has 2 aliphatic rings. The van der Waals surface area contributed by atoms with Crippen LogP contribution >= 0.6 is 0 Å². The van der Waals surface area contributed by atoms with Gasteiger partial charge in [0.1, 0.15) is 0 Å². The van der Waals surface area contributed by atoms with Crippen LogP contribution in [-0.4, -0.2) is 49.6 Å². The van der Waals surface area contributed by atoms with Crippen molar-refractivity contribution in [2.45, 2.75) is 31.9 Å². The van der Waals surface area contributed by atoms with E-state index < -0.39 is 6.10 Å². The molecule has 1 aliphatic carbocycles. The van der Waals surface area contributed by atoms with Crippen LogP contribution in [0.1, 0.15) is 35.1 Å². The van der Waals surface area contributed by atoms with Crippen molar-refractivity contribution >= 4 is 16.9 Å². The predicted molar refractivity (Wildman–Crippen MR) is 98.1 cm³/mol. The van der Waals surface area contributed by atoms with E-state index in [0.29, 0.717) is 42.8 Å².